The number of aromatic nitrogens is 2. The van der Waals surface area contributed by atoms with Gasteiger partial charge in [-0.05, 0) is 44.0 Å². The number of nitrogens with zero attached hydrogens (tertiary/aromatic N) is 4. The van der Waals surface area contributed by atoms with E-state index in [9.17, 15) is 4.79 Å². The second-order valence-electron chi connectivity index (χ2n) is 7.20. The molecule has 29 heavy (non-hydrogen) atoms. The molecule has 1 N–H and O–H groups in total. The van der Waals surface area contributed by atoms with E-state index in [1.54, 1.807) is 29.2 Å². The van der Waals surface area contributed by atoms with Gasteiger partial charge in [-0.1, -0.05) is 35.0 Å². The van der Waals surface area contributed by atoms with Crippen molar-refractivity contribution in [2.75, 3.05) is 18.4 Å². The number of hydrogen-bond acceptors (Lipinski definition) is 5. The van der Waals surface area contributed by atoms with Gasteiger partial charge in [0.15, 0.2) is 0 Å². The summed E-state index contributed by atoms with van der Waals surface area (Å²) in [7, 11) is 0. The quantitative estimate of drug-likeness (QED) is 0.722. The molecule has 7 nitrogen and oxygen atoms in total. The van der Waals surface area contributed by atoms with Gasteiger partial charge in [0, 0.05) is 30.3 Å². The number of hydrogen-bond donors (Lipinski definition) is 1. The maximum atomic E-state index is 12.5. The van der Waals surface area contributed by atoms with E-state index >= 15 is 0 Å². The normalized spacial score (nSPS) is 14.4. The molecule has 146 valence electrons. The van der Waals surface area contributed by atoms with Gasteiger partial charge in [-0.25, -0.2) is 4.79 Å². The van der Waals surface area contributed by atoms with Crippen molar-refractivity contribution in [3.8, 4) is 17.5 Å². The Hall–Kier alpha value is -3.66. The Morgan fingerprint density at radius 2 is 1.83 bits per heavy atom. The summed E-state index contributed by atoms with van der Waals surface area (Å²) in [6, 6.07) is 16.8. The van der Waals surface area contributed by atoms with Crippen molar-refractivity contribution in [1.82, 2.24) is 15.0 Å². The molecule has 2 aromatic carbocycles. The van der Waals surface area contributed by atoms with Crippen LogP contribution in [0.15, 0.2) is 53.1 Å². The van der Waals surface area contributed by atoms with Crippen molar-refractivity contribution in [2.45, 2.75) is 25.7 Å². The standard InChI is InChI=1S/C22H21N5O2/c1-15-2-6-17(7-3-15)20-25-21(29-26-20)18-10-12-27(13-11-18)22(28)24-19-8-4-16(14-23)5-9-19/h2-9,18H,10-13H2,1H3,(H,24,28). The Balaban J connectivity index is 1.33. The van der Waals surface area contributed by atoms with Crippen molar-refractivity contribution in [2.24, 2.45) is 0 Å². The Morgan fingerprint density at radius 1 is 1.14 bits per heavy atom. The predicted molar refractivity (Wildman–Crippen MR) is 108 cm³/mol. The monoisotopic (exact) mass is 387 g/mol. The SMILES string of the molecule is Cc1ccc(-c2noc(C3CCN(C(=O)Nc4ccc(C#N)cc4)CC3)n2)cc1. The Kier molecular flexibility index (Phi) is 5.25. The summed E-state index contributed by atoms with van der Waals surface area (Å²) in [6.45, 7) is 3.28. The molecule has 0 radical (unpaired) electrons. The van der Waals surface area contributed by atoms with Gasteiger partial charge in [0.05, 0.1) is 11.6 Å². The van der Waals surface area contributed by atoms with E-state index in [1.165, 1.54) is 5.56 Å². The molecule has 0 aliphatic carbocycles. The van der Waals surface area contributed by atoms with E-state index in [0.29, 0.717) is 36.1 Å². The molecule has 0 unspecified atom stereocenters. The minimum absolute atomic E-state index is 0.140. The Labute approximate surface area is 169 Å². The topological polar surface area (TPSA) is 95.0 Å². The molecule has 0 bridgehead atoms. The zero-order valence-corrected chi connectivity index (χ0v) is 16.1. The minimum Gasteiger partial charge on any atom is -0.339 e. The molecule has 1 aliphatic heterocycles. The predicted octanol–water partition coefficient (Wildman–Crippen LogP) is 4.33. The van der Waals surface area contributed by atoms with E-state index in [1.807, 2.05) is 31.2 Å². The lowest BCUT2D eigenvalue weighted by molar-refractivity contribution is 0.187. The smallest absolute Gasteiger partial charge is 0.321 e. The lowest BCUT2D eigenvalue weighted by Gasteiger charge is -2.30. The van der Waals surface area contributed by atoms with Gasteiger partial charge in [-0.2, -0.15) is 10.2 Å². The molecular weight excluding hydrogens is 366 g/mol. The van der Waals surface area contributed by atoms with Crippen LogP contribution in [0, 0.1) is 18.3 Å². The Morgan fingerprint density at radius 3 is 2.48 bits per heavy atom. The van der Waals surface area contributed by atoms with Gasteiger partial charge < -0.3 is 14.7 Å². The van der Waals surface area contributed by atoms with Crippen LogP contribution in [0.25, 0.3) is 11.4 Å². The average Bonchev–Trinajstić information content (AvgIpc) is 3.25. The molecule has 7 heteroatoms. The molecule has 0 atom stereocenters. The highest BCUT2D eigenvalue weighted by Crippen LogP contribution is 2.29. The van der Waals surface area contributed by atoms with Crippen molar-refractivity contribution in [3.63, 3.8) is 0 Å². The number of aryl methyl sites for hydroxylation is 1. The van der Waals surface area contributed by atoms with E-state index in [-0.39, 0.29) is 11.9 Å². The number of urea groups is 1. The van der Waals surface area contributed by atoms with Crippen molar-refractivity contribution in [1.29, 1.82) is 5.26 Å². The highest BCUT2D eigenvalue weighted by Gasteiger charge is 2.27. The summed E-state index contributed by atoms with van der Waals surface area (Å²) in [6.07, 6.45) is 1.55. The van der Waals surface area contributed by atoms with Crippen LogP contribution in [0.5, 0.6) is 0 Å². The first kappa shape index (κ1) is 18.7. The molecule has 4 rings (SSSR count). The number of amides is 2. The molecule has 1 aromatic heterocycles. The van der Waals surface area contributed by atoms with E-state index < -0.39 is 0 Å². The summed E-state index contributed by atoms with van der Waals surface area (Å²) in [5.41, 5.74) is 3.36. The van der Waals surface area contributed by atoms with Crippen LogP contribution in [-0.4, -0.2) is 34.2 Å². The third-order valence-electron chi connectivity index (χ3n) is 5.15. The summed E-state index contributed by atoms with van der Waals surface area (Å²) < 4.78 is 5.50. The first-order chi connectivity index (χ1) is 14.1. The number of rotatable bonds is 3. The van der Waals surface area contributed by atoms with Gasteiger partial charge in [0.25, 0.3) is 0 Å². The molecule has 1 aliphatic rings. The van der Waals surface area contributed by atoms with Gasteiger partial charge >= 0.3 is 6.03 Å². The highest BCUT2D eigenvalue weighted by atomic mass is 16.5. The molecule has 1 saturated heterocycles. The summed E-state index contributed by atoms with van der Waals surface area (Å²) in [5, 5.41) is 15.8. The van der Waals surface area contributed by atoms with E-state index in [0.717, 1.165) is 18.4 Å². The van der Waals surface area contributed by atoms with Crippen molar-refractivity contribution >= 4 is 11.7 Å². The average molecular weight is 387 g/mol. The fourth-order valence-corrected chi connectivity index (χ4v) is 3.38. The maximum absolute atomic E-state index is 12.5. The largest absolute Gasteiger partial charge is 0.339 e. The number of carbonyl (C=O) groups is 1. The second-order valence-corrected chi connectivity index (χ2v) is 7.20. The van der Waals surface area contributed by atoms with Gasteiger partial charge in [-0.3, -0.25) is 0 Å². The number of benzene rings is 2. The number of piperidine rings is 1. The zero-order valence-electron chi connectivity index (χ0n) is 16.1. The van der Waals surface area contributed by atoms with Gasteiger partial charge in [0.1, 0.15) is 0 Å². The minimum atomic E-state index is -0.140. The first-order valence-electron chi connectivity index (χ1n) is 9.59. The van der Waals surface area contributed by atoms with Crippen LogP contribution in [-0.2, 0) is 0 Å². The highest BCUT2D eigenvalue weighted by molar-refractivity contribution is 5.89. The number of anilines is 1. The second kappa shape index (κ2) is 8.15. The fraction of sp³-hybridized carbons (Fsp3) is 0.273. The van der Waals surface area contributed by atoms with Crippen LogP contribution in [0.1, 0.15) is 35.8 Å². The zero-order chi connectivity index (χ0) is 20.2. The van der Waals surface area contributed by atoms with Crippen LogP contribution in [0.3, 0.4) is 0 Å². The van der Waals surface area contributed by atoms with Crippen LogP contribution in [0.4, 0.5) is 10.5 Å². The summed E-state index contributed by atoms with van der Waals surface area (Å²) in [4.78, 5) is 18.8. The van der Waals surface area contributed by atoms with Crippen LogP contribution < -0.4 is 5.32 Å². The number of carbonyl (C=O) groups excluding carboxylic acids is 1. The van der Waals surface area contributed by atoms with Crippen LogP contribution in [0.2, 0.25) is 0 Å². The van der Waals surface area contributed by atoms with E-state index in [2.05, 4.69) is 21.5 Å². The van der Waals surface area contributed by atoms with Crippen LogP contribution >= 0.6 is 0 Å². The fourth-order valence-electron chi connectivity index (χ4n) is 3.38. The molecule has 0 spiro atoms. The van der Waals surface area contributed by atoms with Crippen molar-refractivity contribution < 1.29 is 9.32 Å². The summed E-state index contributed by atoms with van der Waals surface area (Å²) in [5.74, 6) is 1.38. The van der Waals surface area contributed by atoms with Crippen molar-refractivity contribution in [3.05, 3.63) is 65.5 Å². The first-order valence-corrected chi connectivity index (χ1v) is 9.59. The molecule has 1 fully saturated rings. The number of nitriles is 1. The molecular formula is C22H21N5O2. The van der Waals surface area contributed by atoms with Gasteiger partial charge in [-0.15, -0.1) is 0 Å². The number of likely N-dealkylation sites (tertiary alicyclic amines) is 1. The summed E-state index contributed by atoms with van der Waals surface area (Å²) >= 11 is 0. The Bertz CT molecular complexity index is 1030. The third-order valence-corrected chi connectivity index (χ3v) is 5.15. The number of nitrogens with one attached hydrogen (secondary N) is 1. The lowest BCUT2D eigenvalue weighted by atomic mass is 9.97. The molecule has 2 heterocycles. The van der Waals surface area contributed by atoms with Gasteiger partial charge in [0.2, 0.25) is 11.7 Å². The molecule has 0 saturated carbocycles. The molecule has 3 aromatic rings. The molecule has 2 amide bonds. The lowest BCUT2D eigenvalue weighted by Crippen LogP contribution is -2.40. The third kappa shape index (κ3) is 4.27. The van der Waals surface area contributed by atoms with E-state index in [4.69, 9.17) is 9.78 Å². The maximum Gasteiger partial charge on any atom is 0.321 e.